The van der Waals surface area contributed by atoms with Gasteiger partial charge in [-0.05, 0) is 12.8 Å². The Labute approximate surface area is 85.9 Å². The van der Waals surface area contributed by atoms with Crippen LogP contribution in [-0.2, 0) is 0 Å². The zero-order valence-electron chi connectivity index (χ0n) is 8.01. The third kappa shape index (κ3) is 2.83. The number of rotatable bonds is 4. The molecule has 4 heteroatoms. The van der Waals surface area contributed by atoms with Crippen molar-refractivity contribution in [2.75, 3.05) is 0 Å². The average Bonchev–Trinajstić information content (AvgIpc) is 2.12. The van der Waals surface area contributed by atoms with Crippen LogP contribution in [0.15, 0.2) is 24.8 Å². The van der Waals surface area contributed by atoms with E-state index in [2.05, 4.69) is 6.58 Å². The van der Waals surface area contributed by atoms with E-state index in [0.717, 1.165) is 0 Å². The average molecular weight is 216 g/mol. The van der Waals surface area contributed by atoms with Crippen LogP contribution in [0.25, 0.3) is 0 Å². The van der Waals surface area contributed by atoms with Gasteiger partial charge in [0.1, 0.15) is 17.5 Å². The van der Waals surface area contributed by atoms with Crippen molar-refractivity contribution in [3.8, 4) is 0 Å². The molecule has 0 aromatic heterocycles. The molecule has 0 bridgehead atoms. The van der Waals surface area contributed by atoms with Gasteiger partial charge in [-0.2, -0.15) is 0 Å². The summed E-state index contributed by atoms with van der Waals surface area (Å²) in [6.45, 7) is 3.43. The highest BCUT2D eigenvalue weighted by Gasteiger charge is 2.18. The van der Waals surface area contributed by atoms with Gasteiger partial charge in [-0.15, -0.1) is 6.58 Å². The van der Waals surface area contributed by atoms with Crippen LogP contribution in [0.1, 0.15) is 24.5 Å². The normalized spacial score (nSPS) is 12.5. The second-order valence-corrected chi connectivity index (χ2v) is 3.16. The molecule has 0 spiro atoms. The summed E-state index contributed by atoms with van der Waals surface area (Å²) in [6.07, 6.45) is 0.840. The van der Waals surface area contributed by atoms with Gasteiger partial charge in [-0.25, -0.2) is 13.2 Å². The van der Waals surface area contributed by atoms with Crippen LogP contribution in [0.2, 0.25) is 0 Å². The largest absolute Gasteiger partial charge is 0.388 e. The van der Waals surface area contributed by atoms with E-state index in [1.165, 1.54) is 6.08 Å². The van der Waals surface area contributed by atoms with Crippen molar-refractivity contribution in [2.24, 2.45) is 0 Å². The lowest BCUT2D eigenvalue weighted by atomic mass is 10.0. The number of aliphatic hydroxyl groups excluding tert-OH is 1. The van der Waals surface area contributed by atoms with Crippen LogP contribution < -0.4 is 0 Å². The zero-order chi connectivity index (χ0) is 11.4. The van der Waals surface area contributed by atoms with Gasteiger partial charge in [0, 0.05) is 12.1 Å². The fourth-order valence-corrected chi connectivity index (χ4v) is 1.29. The lowest BCUT2D eigenvalue weighted by Gasteiger charge is -2.11. The third-order valence-electron chi connectivity index (χ3n) is 2.02. The highest BCUT2D eigenvalue weighted by Crippen LogP contribution is 2.25. The highest BCUT2D eigenvalue weighted by molar-refractivity contribution is 5.23. The first-order valence-electron chi connectivity index (χ1n) is 4.49. The lowest BCUT2D eigenvalue weighted by molar-refractivity contribution is 0.158. The van der Waals surface area contributed by atoms with Crippen molar-refractivity contribution in [2.45, 2.75) is 18.9 Å². The molecular formula is C11H11F3O. The second kappa shape index (κ2) is 4.98. The fraction of sp³-hybridized carbons (Fsp3) is 0.273. The number of aliphatic hydroxyl groups is 1. The van der Waals surface area contributed by atoms with Gasteiger partial charge in [-0.3, -0.25) is 0 Å². The number of benzene rings is 1. The maximum absolute atomic E-state index is 13.1. The monoisotopic (exact) mass is 216 g/mol. The van der Waals surface area contributed by atoms with Crippen LogP contribution in [0.5, 0.6) is 0 Å². The second-order valence-electron chi connectivity index (χ2n) is 3.16. The van der Waals surface area contributed by atoms with Crippen molar-refractivity contribution >= 4 is 0 Å². The molecule has 0 saturated heterocycles. The molecule has 0 radical (unpaired) electrons. The van der Waals surface area contributed by atoms with Crippen molar-refractivity contribution < 1.29 is 18.3 Å². The minimum atomic E-state index is -1.27. The summed E-state index contributed by atoms with van der Waals surface area (Å²) >= 11 is 0. The molecule has 1 aromatic rings. The Morgan fingerprint density at radius 1 is 1.27 bits per heavy atom. The molecule has 0 amide bonds. The van der Waals surface area contributed by atoms with Crippen molar-refractivity contribution in [3.05, 3.63) is 47.8 Å². The zero-order valence-corrected chi connectivity index (χ0v) is 8.01. The predicted octanol–water partition coefficient (Wildman–Crippen LogP) is 3.10. The van der Waals surface area contributed by atoms with E-state index in [1.807, 2.05) is 0 Å². The summed E-state index contributed by atoms with van der Waals surface area (Å²) in [5.74, 6) is -3.13. The summed E-state index contributed by atoms with van der Waals surface area (Å²) in [6, 6.07) is 1.10. The molecule has 1 nitrogen and oxygen atoms in total. The fourth-order valence-electron chi connectivity index (χ4n) is 1.29. The van der Waals surface area contributed by atoms with Crippen molar-refractivity contribution in [1.29, 1.82) is 0 Å². The molecule has 0 aliphatic rings. The van der Waals surface area contributed by atoms with E-state index in [9.17, 15) is 18.3 Å². The third-order valence-corrected chi connectivity index (χ3v) is 2.02. The minimum absolute atomic E-state index is 0.156. The van der Waals surface area contributed by atoms with Crippen LogP contribution in [0, 0.1) is 17.5 Å². The quantitative estimate of drug-likeness (QED) is 0.767. The van der Waals surface area contributed by atoms with Crippen LogP contribution in [0.3, 0.4) is 0 Å². The molecule has 1 N–H and O–H groups in total. The Morgan fingerprint density at radius 2 is 1.80 bits per heavy atom. The molecule has 0 heterocycles. The number of allylic oxidation sites excluding steroid dienone is 1. The molecule has 1 aromatic carbocycles. The Kier molecular flexibility index (Phi) is 3.91. The molecule has 82 valence electrons. The predicted molar refractivity (Wildman–Crippen MR) is 50.7 cm³/mol. The van der Waals surface area contributed by atoms with Gasteiger partial charge in [0.2, 0.25) is 0 Å². The van der Waals surface area contributed by atoms with Crippen molar-refractivity contribution in [1.82, 2.24) is 0 Å². The molecule has 0 fully saturated rings. The smallest absolute Gasteiger partial charge is 0.134 e. The standard InChI is InChI=1S/C11H11F3O/c1-2-3-4-10(15)11-8(13)5-7(12)6-9(11)14/h2,5-6,10,15H,1,3-4H2. The molecule has 0 saturated carbocycles. The molecule has 0 aliphatic carbocycles. The molecule has 1 atom stereocenters. The Morgan fingerprint density at radius 3 is 2.27 bits per heavy atom. The SMILES string of the molecule is C=CCCC(O)c1c(F)cc(F)cc1F. The summed E-state index contributed by atoms with van der Waals surface area (Å²) in [7, 11) is 0. The van der Waals surface area contributed by atoms with E-state index in [-0.39, 0.29) is 6.42 Å². The van der Waals surface area contributed by atoms with E-state index >= 15 is 0 Å². The molecule has 15 heavy (non-hydrogen) atoms. The van der Waals surface area contributed by atoms with Gasteiger partial charge in [0.05, 0.1) is 11.7 Å². The molecule has 0 aliphatic heterocycles. The molecule has 1 unspecified atom stereocenters. The van der Waals surface area contributed by atoms with Crippen LogP contribution >= 0.6 is 0 Å². The van der Waals surface area contributed by atoms with E-state index in [1.54, 1.807) is 0 Å². The summed E-state index contributed by atoms with van der Waals surface area (Å²) < 4.78 is 38.8. The Hall–Kier alpha value is -1.29. The first-order valence-corrected chi connectivity index (χ1v) is 4.49. The number of hydrogen-bond acceptors (Lipinski definition) is 1. The molecular weight excluding hydrogens is 205 g/mol. The maximum Gasteiger partial charge on any atom is 0.134 e. The summed E-state index contributed by atoms with van der Waals surface area (Å²) in [5.41, 5.74) is -0.488. The molecule has 1 rings (SSSR count). The van der Waals surface area contributed by atoms with Gasteiger partial charge >= 0.3 is 0 Å². The van der Waals surface area contributed by atoms with Gasteiger partial charge in [0.25, 0.3) is 0 Å². The van der Waals surface area contributed by atoms with E-state index in [0.29, 0.717) is 18.6 Å². The Bertz CT molecular complexity index is 340. The van der Waals surface area contributed by atoms with Gasteiger partial charge < -0.3 is 5.11 Å². The summed E-state index contributed by atoms with van der Waals surface area (Å²) in [4.78, 5) is 0. The highest BCUT2D eigenvalue weighted by atomic mass is 19.1. The lowest BCUT2D eigenvalue weighted by Crippen LogP contribution is -2.04. The van der Waals surface area contributed by atoms with E-state index in [4.69, 9.17) is 0 Å². The van der Waals surface area contributed by atoms with Crippen LogP contribution in [0.4, 0.5) is 13.2 Å². The first kappa shape index (κ1) is 11.8. The van der Waals surface area contributed by atoms with Crippen molar-refractivity contribution in [3.63, 3.8) is 0 Å². The summed E-state index contributed by atoms with van der Waals surface area (Å²) in [5, 5.41) is 9.45. The van der Waals surface area contributed by atoms with Gasteiger partial charge in [0.15, 0.2) is 0 Å². The van der Waals surface area contributed by atoms with Gasteiger partial charge in [-0.1, -0.05) is 6.08 Å². The number of hydrogen-bond donors (Lipinski definition) is 1. The Balaban J connectivity index is 2.97. The maximum atomic E-state index is 13.1. The number of halogens is 3. The first-order chi connectivity index (χ1) is 7.06. The van der Waals surface area contributed by atoms with Crippen LogP contribution in [-0.4, -0.2) is 5.11 Å². The van der Waals surface area contributed by atoms with E-state index < -0.39 is 29.1 Å². The minimum Gasteiger partial charge on any atom is -0.388 e. The topological polar surface area (TPSA) is 20.2 Å².